The Hall–Kier alpha value is -1.39. The van der Waals surface area contributed by atoms with Gasteiger partial charge in [0.25, 0.3) is 0 Å². The maximum atomic E-state index is 12.4. The first-order chi connectivity index (χ1) is 8.93. The quantitative estimate of drug-likeness (QED) is 0.788. The molecule has 0 aromatic carbocycles. The fourth-order valence-electron chi connectivity index (χ4n) is 3.45. The van der Waals surface area contributed by atoms with Gasteiger partial charge in [0, 0.05) is 0 Å². The van der Waals surface area contributed by atoms with Crippen molar-refractivity contribution in [2.75, 3.05) is 0 Å². The molecule has 5 nitrogen and oxygen atoms in total. The Labute approximate surface area is 113 Å². The van der Waals surface area contributed by atoms with Crippen LogP contribution in [0.2, 0.25) is 0 Å². The molecule has 3 atom stereocenters. The van der Waals surface area contributed by atoms with Gasteiger partial charge < -0.3 is 5.11 Å². The molecule has 2 fully saturated rings. The molecule has 1 saturated carbocycles. The highest BCUT2D eigenvalue weighted by molar-refractivity contribution is 6.08. The minimum absolute atomic E-state index is 0.270. The molecule has 1 aliphatic heterocycles. The highest BCUT2D eigenvalue weighted by Crippen LogP contribution is 2.41. The van der Waals surface area contributed by atoms with E-state index in [0.717, 1.165) is 17.7 Å². The van der Waals surface area contributed by atoms with Crippen LogP contribution in [-0.2, 0) is 14.4 Å². The van der Waals surface area contributed by atoms with Gasteiger partial charge in [-0.1, -0.05) is 26.2 Å². The van der Waals surface area contributed by atoms with E-state index in [-0.39, 0.29) is 23.7 Å². The van der Waals surface area contributed by atoms with Crippen molar-refractivity contribution in [1.82, 2.24) is 4.90 Å². The van der Waals surface area contributed by atoms with E-state index in [1.54, 1.807) is 0 Å². The van der Waals surface area contributed by atoms with Gasteiger partial charge in [-0.05, 0) is 26.2 Å². The average molecular weight is 267 g/mol. The van der Waals surface area contributed by atoms with E-state index in [1.165, 1.54) is 6.92 Å². The Kier molecular flexibility index (Phi) is 3.65. The number of hydrogen-bond donors (Lipinski definition) is 1. The molecule has 0 aromatic rings. The topological polar surface area (TPSA) is 74.7 Å². The Bertz CT molecular complexity index is 396. The predicted octanol–water partition coefficient (Wildman–Crippen LogP) is 1.80. The smallest absolute Gasteiger partial charge is 0.329 e. The van der Waals surface area contributed by atoms with Gasteiger partial charge in [0.1, 0.15) is 5.54 Å². The van der Waals surface area contributed by atoms with Crippen molar-refractivity contribution in [1.29, 1.82) is 0 Å². The molecular weight excluding hydrogens is 246 g/mol. The van der Waals surface area contributed by atoms with E-state index in [1.807, 2.05) is 6.92 Å². The third-order valence-electron chi connectivity index (χ3n) is 4.53. The van der Waals surface area contributed by atoms with Gasteiger partial charge in [0.2, 0.25) is 11.8 Å². The van der Waals surface area contributed by atoms with Crippen molar-refractivity contribution >= 4 is 17.8 Å². The monoisotopic (exact) mass is 267 g/mol. The van der Waals surface area contributed by atoms with E-state index in [2.05, 4.69) is 0 Å². The van der Waals surface area contributed by atoms with Gasteiger partial charge in [0.15, 0.2) is 0 Å². The third kappa shape index (κ3) is 2.05. The Balaban J connectivity index is 2.35. The number of carboxylic acid groups (broad SMARTS) is 1. The van der Waals surface area contributed by atoms with Crippen molar-refractivity contribution in [2.24, 2.45) is 11.8 Å². The molecule has 2 rings (SSSR count). The van der Waals surface area contributed by atoms with Crippen molar-refractivity contribution in [2.45, 2.75) is 57.9 Å². The summed E-state index contributed by atoms with van der Waals surface area (Å²) in [6, 6.07) is 0. The fraction of sp³-hybridized carbons (Fsp3) is 0.786. The van der Waals surface area contributed by atoms with Crippen molar-refractivity contribution in [3.8, 4) is 0 Å². The highest BCUT2D eigenvalue weighted by Gasteiger charge is 2.56. The van der Waals surface area contributed by atoms with E-state index >= 15 is 0 Å². The largest absolute Gasteiger partial charge is 0.479 e. The zero-order chi connectivity index (χ0) is 14.2. The Morgan fingerprint density at radius 2 is 1.74 bits per heavy atom. The summed E-state index contributed by atoms with van der Waals surface area (Å²) in [5.41, 5.74) is -1.39. The third-order valence-corrected chi connectivity index (χ3v) is 4.53. The highest BCUT2D eigenvalue weighted by atomic mass is 16.4. The van der Waals surface area contributed by atoms with Crippen LogP contribution in [0, 0.1) is 11.8 Å². The van der Waals surface area contributed by atoms with Crippen molar-refractivity contribution in [3.05, 3.63) is 0 Å². The van der Waals surface area contributed by atoms with Crippen molar-refractivity contribution < 1.29 is 19.5 Å². The first-order valence-corrected chi connectivity index (χ1v) is 7.04. The summed E-state index contributed by atoms with van der Waals surface area (Å²) >= 11 is 0. The standard InChI is InChI=1S/C14H21NO4/c1-3-8-14(2,13(18)19)15-11(16)9-6-4-5-7-10(9)12(15)17/h9-10H,3-8H2,1-2H3,(H,18,19). The van der Waals surface area contributed by atoms with Crippen LogP contribution in [0.5, 0.6) is 0 Å². The molecule has 2 aliphatic rings. The van der Waals surface area contributed by atoms with Crippen LogP contribution in [0.15, 0.2) is 0 Å². The minimum atomic E-state index is -1.39. The second-order valence-electron chi connectivity index (χ2n) is 5.84. The van der Waals surface area contributed by atoms with Crippen LogP contribution < -0.4 is 0 Å². The van der Waals surface area contributed by atoms with Gasteiger partial charge in [-0.2, -0.15) is 0 Å². The molecule has 2 amide bonds. The number of amides is 2. The summed E-state index contributed by atoms with van der Waals surface area (Å²) in [6.45, 7) is 3.35. The molecule has 0 radical (unpaired) electrons. The molecule has 1 aliphatic carbocycles. The molecule has 1 heterocycles. The molecular formula is C14H21NO4. The van der Waals surface area contributed by atoms with E-state index in [9.17, 15) is 19.5 Å². The fourth-order valence-corrected chi connectivity index (χ4v) is 3.45. The molecule has 1 N–H and O–H groups in total. The zero-order valence-electron chi connectivity index (χ0n) is 11.5. The van der Waals surface area contributed by atoms with E-state index in [0.29, 0.717) is 25.7 Å². The number of fused-ring (bicyclic) bond motifs is 1. The Morgan fingerprint density at radius 1 is 1.26 bits per heavy atom. The lowest BCUT2D eigenvalue weighted by atomic mass is 9.81. The summed E-state index contributed by atoms with van der Waals surface area (Å²) in [5.74, 6) is -2.19. The van der Waals surface area contributed by atoms with Gasteiger partial charge in [-0.25, -0.2) is 4.79 Å². The maximum Gasteiger partial charge on any atom is 0.329 e. The molecule has 0 bridgehead atoms. The molecule has 0 spiro atoms. The lowest BCUT2D eigenvalue weighted by molar-refractivity contribution is -0.163. The number of nitrogens with zero attached hydrogens (tertiary/aromatic N) is 1. The second-order valence-corrected chi connectivity index (χ2v) is 5.84. The number of likely N-dealkylation sites (tertiary alicyclic amines) is 1. The second kappa shape index (κ2) is 4.94. The number of rotatable bonds is 4. The lowest BCUT2D eigenvalue weighted by Gasteiger charge is -2.33. The maximum absolute atomic E-state index is 12.4. The van der Waals surface area contributed by atoms with E-state index < -0.39 is 11.5 Å². The van der Waals surface area contributed by atoms with Gasteiger partial charge in [-0.15, -0.1) is 0 Å². The number of imide groups is 1. The number of hydrogen-bond acceptors (Lipinski definition) is 3. The summed E-state index contributed by atoms with van der Waals surface area (Å²) in [6.07, 6.45) is 4.26. The SMILES string of the molecule is CCCC(C)(C(=O)O)N1C(=O)C2CCCCC2C1=O. The molecule has 3 unspecified atom stereocenters. The summed E-state index contributed by atoms with van der Waals surface area (Å²) in [7, 11) is 0. The predicted molar refractivity (Wildman–Crippen MR) is 68.2 cm³/mol. The zero-order valence-corrected chi connectivity index (χ0v) is 11.5. The summed E-state index contributed by atoms with van der Waals surface area (Å²) in [5, 5.41) is 9.45. The van der Waals surface area contributed by atoms with Crippen LogP contribution in [0.1, 0.15) is 52.4 Å². The van der Waals surface area contributed by atoms with Gasteiger partial charge in [0.05, 0.1) is 11.8 Å². The number of carbonyl (C=O) groups is 3. The van der Waals surface area contributed by atoms with Crippen LogP contribution in [0.4, 0.5) is 0 Å². The van der Waals surface area contributed by atoms with Crippen LogP contribution in [0.25, 0.3) is 0 Å². The first-order valence-electron chi connectivity index (χ1n) is 7.04. The lowest BCUT2D eigenvalue weighted by Crippen LogP contribution is -2.55. The van der Waals surface area contributed by atoms with E-state index in [4.69, 9.17) is 0 Å². The number of aliphatic carboxylic acids is 1. The molecule has 1 saturated heterocycles. The molecule has 106 valence electrons. The minimum Gasteiger partial charge on any atom is -0.479 e. The average Bonchev–Trinajstić information content (AvgIpc) is 2.63. The van der Waals surface area contributed by atoms with Crippen LogP contribution in [-0.4, -0.2) is 33.3 Å². The number of carboxylic acids is 1. The molecule has 0 aromatic heterocycles. The van der Waals surface area contributed by atoms with Crippen LogP contribution >= 0.6 is 0 Å². The number of carbonyl (C=O) groups excluding carboxylic acids is 2. The first kappa shape index (κ1) is 14.0. The molecule has 19 heavy (non-hydrogen) atoms. The Morgan fingerprint density at radius 3 is 2.11 bits per heavy atom. The molecule has 5 heteroatoms. The normalized spacial score (nSPS) is 30.1. The van der Waals surface area contributed by atoms with Crippen molar-refractivity contribution in [3.63, 3.8) is 0 Å². The summed E-state index contributed by atoms with van der Waals surface area (Å²) in [4.78, 5) is 37.4. The van der Waals surface area contributed by atoms with Crippen LogP contribution in [0.3, 0.4) is 0 Å². The summed E-state index contributed by atoms with van der Waals surface area (Å²) < 4.78 is 0. The van der Waals surface area contributed by atoms with Gasteiger partial charge in [-0.3, -0.25) is 14.5 Å². The van der Waals surface area contributed by atoms with Gasteiger partial charge >= 0.3 is 5.97 Å².